The quantitative estimate of drug-likeness (QED) is 0.622. The number of esters is 1. The SMILES string of the molecule is COC(=O)c1occc1CSc1nnc(NC2CCCCC2)s1. The van der Waals surface area contributed by atoms with Crippen molar-refractivity contribution in [3.05, 3.63) is 23.7 Å². The number of methoxy groups -OCH3 is 1. The lowest BCUT2D eigenvalue weighted by atomic mass is 9.96. The summed E-state index contributed by atoms with van der Waals surface area (Å²) < 4.78 is 10.8. The van der Waals surface area contributed by atoms with Gasteiger partial charge in [-0.15, -0.1) is 10.2 Å². The van der Waals surface area contributed by atoms with Crippen LogP contribution >= 0.6 is 23.1 Å². The van der Waals surface area contributed by atoms with E-state index in [9.17, 15) is 4.79 Å². The van der Waals surface area contributed by atoms with Crippen LogP contribution in [-0.4, -0.2) is 29.3 Å². The largest absolute Gasteiger partial charge is 0.463 e. The zero-order chi connectivity index (χ0) is 16.1. The van der Waals surface area contributed by atoms with Crippen molar-refractivity contribution in [2.45, 2.75) is 48.2 Å². The van der Waals surface area contributed by atoms with Crippen LogP contribution in [0.2, 0.25) is 0 Å². The first kappa shape index (κ1) is 16.3. The minimum absolute atomic E-state index is 0.255. The number of carbonyl (C=O) groups excluding carboxylic acids is 1. The number of aromatic nitrogens is 2. The molecule has 6 nitrogen and oxygen atoms in total. The summed E-state index contributed by atoms with van der Waals surface area (Å²) in [6.07, 6.45) is 7.82. The first-order valence-electron chi connectivity index (χ1n) is 7.64. The average molecular weight is 353 g/mol. The summed E-state index contributed by atoms with van der Waals surface area (Å²) in [5.41, 5.74) is 0.804. The van der Waals surface area contributed by atoms with Crippen LogP contribution in [0.4, 0.5) is 5.13 Å². The summed E-state index contributed by atoms with van der Waals surface area (Å²) in [7, 11) is 1.34. The molecule has 1 aliphatic carbocycles. The van der Waals surface area contributed by atoms with E-state index in [-0.39, 0.29) is 5.76 Å². The zero-order valence-electron chi connectivity index (χ0n) is 12.9. The van der Waals surface area contributed by atoms with E-state index in [1.807, 2.05) is 0 Å². The Morgan fingerprint density at radius 3 is 3.04 bits per heavy atom. The fourth-order valence-electron chi connectivity index (χ4n) is 2.61. The van der Waals surface area contributed by atoms with Crippen LogP contribution in [0.25, 0.3) is 0 Å². The molecule has 8 heteroatoms. The normalized spacial score (nSPS) is 15.5. The molecule has 1 fully saturated rings. The fraction of sp³-hybridized carbons (Fsp3) is 0.533. The molecule has 2 aromatic heterocycles. The van der Waals surface area contributed by atoms with Gasteiger partial charge in [0.15, 0.2) is 4.34 Å². The third kappa shape index (κ3) is 4.26. The Morgan fingerprint density at radius 2 is 2.26 bits per heavy atom. The van der Waals surface area contributed by atoms with Gasteiger partial charge in [0.25, 0.3) is 0 Å². The maximum Gasteiger partial charge on any atom is 0.374 e. The summed E-state index contributed by atoms with van der Waals surface area (Å²) in [5.74, 6) is 0.395. The van der Waals surface area contributed by atoms with Gasteiger partial charge in [0.05, 0.1) is 13.4 Å². The van der Waals surface area contributed by atoms with Crippen molar-refractivity contribution in [3.8, 4) is 0 Å². The van der Waals surface area contributed by atoms with Gasteiger partial charge in [-0.2, -0.15) is 0 Å². The second kappa shape index (κ2) is 7.83. The minimum Gasteiger partial charge on any atom is -0.463 e. The summed E-state index contributed by atoms with van der Waals surface area (Å²) in [6, 6.07) is 2.30. The van der Waals surface area contributed by atoms with Crippen molar-refractivity contribution in [1.29, 1.82) is 0 Å². The Kier molecular flexibility index (Phi) is 5.56. The maximum atomic E-state index is 11.6. The molecule has 1 N–H and O–H groups in total. The third-order valence-corrected chi connectivity index (χ3v) is 5.84. The van der Waals surface area contributed by atoms with E-state index in [1.54, 1.807) is 29.2 Å². The zero-order valence-corrected chi connectivity index (χ0v) is 14.5. The molecule has 3 rings (SSSR count). The number of hydrogen-bond acceptors (Lipinski definition) is 8. The van der Waals surface area contributed by atoms with Gasteiger partial charge in [-0.3, -0.25) is 0 Å². The maximum absolute atomic E-state index is 11.6. The second-order valence-electron chi connectivity index (χ2n) is 5.41. The lowest BCUT2D eigenvalue weighted by Crippen LogP contribution is -2.21. The number of hydrogen-bond donors (Lipinski definition) is 1. The van der Waals surface area contributed by atoms with Crippen LogP contribution in [0.1, 0.15) is 48.2 Å². The average Bonchev–Trinajstić information content (AvgIpc) is 3.22. The number of ether oxygens (including phenoxy) is 1. The van der Waals surface area contributed by atoms with Gasteiger partial charge in [0, 0.05) is 17.4 Å². The van der Waals surface area contributed by atoms with Crippen molar-refractivity contribution >= 4 is 34.2 Å². The number of furan rings is 1. The topological polar surface area (TPSA) is 77.2 Å². The molecule has 0 bridgehead atoms. The Morgan fingerprint density at radius 1 is 1.43 bits per heavy atom. The molecule has 0 atom stereocenters. The summed E-state index contributed by atoms with van der Waals surface area (Å²) >= 11 is 3.09. The van der Waals surface area contributed by atoms with Gasteiger partial charge in [0.2, 0.25) is 10.9 Å². The fourth-order valence-corrected chi connectivity index (χ4v) is 4.42. The van der Waals surface area contributed by atoms with E-state index >= 15 is 0 Å². The van der Waals surface area contributed by atoms with Crippen LogP contribution in [0.15, 0.2) is 21.1 Å². The Hall–Kier alpha value is -1.54. The molecule has 124 valence electrons. The minimum atomic E-state index is -0.456. The van der Waals surface area contributed by atoms with E-state index < -0.39 is 5.97 Å². The highest BCUT2D eigenvalue weighted by atomic mass is 32.2. The van der Waals surface area contributed by atoms with Gasteiger partial charge < -0.3 is 14.5 Å². The number of rotatable bonds is 6. The molecule has 0 unspecified atom stereocenters. The smallest absolute Gasteiger partial charge is 0.374 e. The molecule has 1 saturated carbocycles. The number of anilines is 1. The molecule has 2 aromatic rings. The van der Waals surface area contributed by atoms with Gasteiger partial charge in [-0.05, 0) is 18.9 Å². The number of nitrogens with zero attached hydrogens (tertiary/aromatic N) is 2. The van der Waals surface area contributed by atoms with Crippen molar-refractivity contribution < 1.29 is 13.9 Å². The molecule has 2 heterocycles. The predicted molar refractivity (Wildman–Crippen MR) is 90.0 cm³/mol. The molecule has 0 saturated heterocycles. The van der Waals surface area contributed by atoms with E-state index in [1.165, 1.54) is 45.5 Å². The summed E-state index contributed by atoms with van der Waals surface area (Å²) in [5, 5.41) is 12.8. The molecule has 0 aromatic carbocycles. The molecule has 0 amide bonds. The van der Waals surface area contributed by atoms with Gasteiger partial charge >= 0.3 is 5.97 Å². The number of thioether (sulfide) groups is 1. The predicted octanol–water partition coefficient (Wildman–Crippen LogP) is 3.95. The van der Waals surface area contributed by atoms with Crippen molar-refractivity contribution in [2.24, 2.45) is 0 Å². The van der Waals surface area contributed by atoms with Crippen LogP contribution in [-0.2, 0) is 10.5 Å². The van der Waals surface area contributed by atoms with E-state index in [2.05, 4.69) is 15.5 Å². The highest BCUT2D eigenvalue weighted by molar-refractivity contribution is 8.00. The van der Waals surface area contributed by atoms with Gasteiger partial charge in [-0.25, -0.2) is 4.79 Å². The molecule has 0 radical (unpaired) electrons. The van der Waals surface area contributed by atoms with E-state index in [4.69, 9.17) is 9.15 Å². The molecule has 0 spiro atoms. The number of carbonyl (C=O) groups is 1. The van der Waals surface area contributed by atoms with E-state index in [0.717, 1.165) is 15.0 Å². The third-order valence-electron chi connectivity index (χ3n) is 3.81. The molecule has 1 aliphatic rings. The lowest BCUT2D eigenvalue weighted by molar-refractivity contribution is 0.0564. The van der Waals surface area contributed by atoms with Crippen molar-refractivity contribution in [2.75, 3.05) is 12.4 Å². The molecule has 0 aliphatic heterocycles. The van der Waals surface area contributed by atoms with Crippen LogP contribution in [0.3, 0.4) is 0 Å². The highest BCUT2D eigenvalue weighted by Crippen LogP contribution is 2.31. The highest BCUT2D eigenvalue weighted by Gasteiger charge is 2.18. The second-order valence-corrected chi connectivity index (χ2v) is 7.61. The molecular weight excluding hydrogens is 334 g/mol. The molecule has 23 heavy (non-hydrogen) atoms. The standard InChI is InChI=1S/C15H19N3O3S2/c1-20-13(19)12-10(7-8-21-12)9-22-15-18-17-14(23-15)16-11-5-3-2-4-6-11/h7-8,11H,2-6,9H2,1H3,(H,16,17). The number of nitrogens with one attached hydrogen (secondary N) is 1. The Labute approximate surface area is 143 Å². The summed E-state index contributed by atoms with van der Waals surface area (Å²) in [4.78, 5) is 11.6. The summed E-state index contributed by atoms with van der Waals surface area (Å²) in [6.45, 7) is 0. The Balaban J connectivity index is 1.55. The van der Waals surface area contributed by atoms with E-state index in [0.29, 0.717) is 11.8 Å². The first-order valence-corrected chi connectivity index (χ1v) is 9.44. The molecular formula is C15H19N3O3S2. The van der Waals surface area contributed by atoms with Crippen LogP contribution in [0.5, 0.6) is 0 Å². The first-order chi connectivity index (χ1) is 11.3. The van der Waals surface area contributed by atoms with Crippen LogP contribution < -0.4 is 5.32 Å². The monoisotopic (exact) mass is 353 g/mol. The van der Waals surface area contributed by atoms with Crippen molar-refractivity contribution in [3.63, 3.8) is 0 Å². The van der Waals surface area contributed by atoms with Crippen LogP contribution in [0, 0.1) is 0 Å². The Bertz CT molecular complexity index is 650. The van der Waals surface area contributed by atoms with Gasteiger partial charge in [-0.1, -0.05) is 42.4 Å². The van der Waals surface area contributed by atoms with Crippen molar-refractivity contribution in [1.82, 2.24) is 10.2 Å². The van der Waals surface area contributed by atoms with Gasteiger partial charge in [0.1, 0.15) is 0 Å². The lowest BCUT2D eigenvalue weighted by Gasteiger charge is -2.21.